The normalized spacial score (nSPS) is 28.0. The van der Waals surface area contributed by atoms with Gasteiger partial charge in [-0.15, -0.1) is 0 Å². The molecule has 1 aromatic rings. The molecule has 4 rings (SSSR count). The number of hydrogen-bond acceptors (Lipinski definition) is 4. The summed E-state index contributed by atoms with van der Waals surface area (Å²) in [7, 11) is 0. The number of para-hydroxylation sites is 2. The van der Waals surface area contributed by atoms with Crippen LogP contribution in [0.2, 0.25) is 0 Å². The quantitative estimate of drug-likeness (QED) is 0.891. The Kier molecular flexibility index (Phi) is 4.23. The van der Waals surface area contributed by atoms with Crippen molar-refractivity contribution in [2.24, 2.45) is 0 Å². The Morgan fingerprint density at radius 2 is 2.09 bits per heavy atom. The molecular weight excluding hydrogens is 288 g/mol. The van der Waals surface area contributed by atoms with Crippen molar-refractivity contribution in [2.75, 3.05) is 42.9 Å². The van der Waals surface area contributed by atoms with Crippen LogP contribution in [0.4, 0.5) is 11.4 Å². The Morgan fingerprint density at radius 3 is 2.96 bits per heavy atom. The summed E-state index contributed by atoms with van der Waals surface area (Å²) in [6, 6.07) is 8.76. The third kappa shape index (κ3) is 3.08. The first kappa shape index (κ1) is 15.0. The Balaban J connectivity index is 1.38. The summed E-state index contributed by atoms with van der Waals surface area (Å²) in [5.41, 5.74) is 2.12. The van der Waals surface area contributed by atoms with Gasteiger partial charge in [-0.1, -0.05) is 18.6 Å². The highest BCUT2D eigenvalue weighted by Gasteiger charge is 2.37. The van der Waals surface area contributed by atoms with E-state index < -0.39 is 0 Å². The van der Waals surface area contributed by atoms with Gasteiger partial charge in [0.05, 0.1) is 11.4 Å². The lowest BCUT2D eigenvalue weighted by molar-refractivity contribution is -0.118. The van der Waals surface area contributed by atoms with Crippen molar-refractivity contribution >= 4 is 17.3 Å². The first-order chi connectivity index (χ1) is 11.3. The van der Waals surface area contributed by atoms with Crippen LogP contribution in [0.5, 0.6) is 0 Å². The summed E-state index contributed by atoms with van der Waals surface area (Å²) in [6.07, 6.45) is 5.17. The average molecular weight is 314 g/mol. The lowest BCUT2D eigenvalue weighted by Gasteiger charge is -2.45. The molecule has 0 aromatic heterocycles. The van der Waals surface area contributed by atoms with Crippen LogP contribution in [0.3, 0.4) is 0 Å². The molecule has 3 aliphatic rings. The number of nitrogens with zero attached hydrogens (tertiary/aromatic N) is 2. The van der Waals surface area contributed by atoms with Crippen LogP contribution in [0.15, 0.2) is 24.3 Å². The molecule has 1 amide bonds. The second-order valence-electron chi connectivity index (χ2n) is 6.95. The van der Waals surface area contributed by atoms with E-state index in [0.717, 1.165) is 31.9 Å². The minimum absolute atomic E-state index is 0.0436. The number of carbonyl (C=O) groups excluding carboxylic acids is 1. The Labute approximate surface area is 138 Å². The van der Waals surface area contributed by atoms with Crippen molar-refractivity contribution in [2.45, 2.75) is 37.8 Å². The molecule has 2 N–H and O–H groups in total. The first-order valence-corrected chi connectivity index (χ1v) is 8.93. The predicted molar refractivity (Wildman–Crippen MR) is 92.9 cm³/mol. The highest BCUT2D eigenvalue weighted by Crippen LogP contribution is 2.33. The zero-order valence-electron chi connectivity index (χ0n) is 13.6. The fourth-order valence-corrected chi connectivity index (χ4v) is 4.11. The van der Waals surface area contributed by atoms with E-state index in [2.05, 4.69) is 32.6 Å². The van der Waals surface area contributed by atoms with Gasteiger partial charge in [-0.2, -0.15) is 0 Å². The van der Waals surface area contributed by atoms with Crippen LogP contribution in [0.25, 0.3) is 0 Å². The average Bonchev–Trinajstić information content (AvgIpc) is 2.61. The van der Waals surface area contributed by atoms with Crippen molar-refractivity contribution in [1.82, 2.24) is 10.2 Å². The van der Waals surface area contributed by atoms with Gasteiger partial charge in [0.25, 0.3) is 0 Å². The molecule has 0 radical (unpaired) electrons. The van der Waals surface area contributed by atoms with Crippen LogP contribution >= 0.6 is 0 Å². The maximum absolute atomic E-state index is 12.5. The number of benzene rings is 1. The smallest absolute Gasteiger partial charge is 0.248 e. The molecule has 1 aromatic carbocycles. The number of piperazine rings is 1. The van der Waals surface area contributed by atoms with Crippen LogP contribution in [-0.2, 0) is 4.79 Å². The van der Waals surface area contributed by atoms with Crippen molar-refractivity contribution in [1.29, 1.82) is 0 Å². The van der Waals surface area contributed by atoms with Gasteiger partial charge >= 0.3 is 0 Å². The van der Waals surface area contributed by atoms with Gasteiger partial charge in [0, 0.05) is 25.7 Å². The number of nitrogens with one attached hydrogen (secondary N) is 2. The van der Waals surface area contributed by atoms with Gasteiger partial charge < -0.3 is 15.5 Å². The van der Waals surface area contributed by atoms with Crippen LogP contribution < -0.4 is 15.5 Å². The van der Waals surface area contributed by atoms with Crippen molar-refractivity contribution < 1.29 is 4.79 Å². The zero-order valence-corrected chi connectivity index (χ0v) is 13.6. The summed E-state index contributed by atoms with van der Waals surface area (Å²) < 4.78 is 0. The summed E-state index contributed by atoms with van der Waals surface area (Å²) in [6.45, 7) is 5.09. The summed E-state index contributed by atoms with van der Waals surface area (Å²) in [5.74, 6) is 0.143. The van der Waals surface area contributed by atoms with E-state index in [0.29, 0.717) is 6.04 Å². The van der Waals surface area contributed by atoms with Crippen LogP contribution in [0, 0.1) is 0 Å². The molecule has 2 fully saturated rings. The van der Waals surface area contributed by atoms with E-state index in [4.69, 9.17) is 0 Å². The second kappa shape index (κ2) is 6.49. The highest BCUT2D eigenvalue weighted by molar-refractivity contribution is 6.03. The number of hydrogen-bond donors (Lipinski definition) is 2. The molecule has 5 nitrogen and oxygen atoms in total. The van der Waals surface area contributed by atoms with Crippen molar-refractivity contribution in [3.05, 3.63) is 24.3 Å². The minimum atomic E-state index is -0.0436. The number of amides is 1. The van der Waals surface area contributed by atoms with Crippen molar-refractivity contribution in [3.8, 4) is 0 Å². The Morgan fingerprint density at radius 1 is 1.17 bits per heavy atom. The summed E-state index contributed by atoms with van der Waals surface area (Å²) >= 11 is 0. The van der Waals surface area contributed by atoms with Crippen LogP contribution in [0.1, 0.15) is 25.7 Å². The van der Waals surface area contributed by atoms with Gasteiger partial charge in [0.15, 0.2) is 0 Å². The fraction of sp³-hybridized carbons (Fsp3) is 0.611. The Bertz CT molecular complexity index is 570. The van der Waals surface area contributed by atoms with Gasteiger partial charge in [-0.3, -0.25) is 9.69 Å². The van der Waals surface area contributed by atoms with Crippen LogP contribution in [-0.4, -0.2) is 55.6 Å². The minimum Gasteiger partial charge on any atom is -0.355 e. The van der Waals surface area contributed by atoms with E-state index in [1.807, 2.05) is 12.1 Å². The van der Waals surface area contributed by atoms with E-state index in [9.17, 15) is 4.79 Å². The lowest BCUT2D eigenvalue weighted by Crippen LogP contribution is -2.60. The van der Waals surface area contributed by atoms with Gasteiger partial charge in [-0.25, -0.2) is 0 Å². The van der Waals surface area contributed by atoms with E-state index >= 15 is 0 Å². The third-order valence-corrected chi connectivity index (χ3v) is 5.44. The molecule has 0 aliphatic carbocycles. The van der Waals surface area contributed by atoms with Gasteiger partial charge in [-0.05, 0) is 44.5 Å². The summed E-state index contributed by atoms with van der Waals surface area (Å²) in [5, 5.41) is 6.69. The number of fused-ring (bicyclic) bond motifs is 3. The molecule has 3 aliphatic heterocycles. The molecule has 2 unspecified atom stereocenters. The molecule has 23 heavy (non-hydrogen) atoms. The lowest BCUT2D eigenvalue weighted by atomic mass is 10.0. The van der Waals surface area contributed by atoms with Gasteiger partial charge in [0.1, 0.15) is 6.04 Å². The maximum Gasteiger partial charge on any atom is 0.248 e. The molecule has 124 valence electrons. The molecule has 2 atom stereocenters. The SMILES string of the molecule is O=C1Nc2ccccc2N2CCN(CCC3CCCCN3)CC12. The monoisotopic (exact) mass is 314 g/mol. The standard InChI is InChI=1S/C18H26N4O/c23-18-17-13-21(10-8-14-5-3-4-9-19-14)11-12-22(17)16-7-2-1-6-15(16)20-18/h1-2,6-7,14,17,19H,3-5,8-13H2,(H,20,23). The number of anilines is 2. The molecule has 5 heteroatoms. The largest absolute Gasteiger partial charge is 0.355 e. The van der Waals surface area contributed by atoms with E-state index in [1.165, 1.54) is 37.9 Å². The van der Waals surface area contributed by atoms with Crippen molar-refractivity contribution in [3.63, 3.8) is 0 Å². The number of carbonyl (C=O) groups is 1. The zero-order chi connectivity index (χ0) is 15.6. The van der Waals surface area contributed by atoms with E-state index in [1.54, 1.807) is 0 Å². The highest BCUT2D eigenvalue weighted by atomic mass is 16.2. The fourth-order valence-electron chi connectivity index (χ4n) is 4.11. The predicted octanol–water partition coefficient (Wildman–Crippen LogP) is 1.66. The molecule has 3 heterocycles. The molecule has 0 spiro atoms. The molecular formula is C18H26N4O. The van der Waals surface area contributed by atoms with E-state index in [-0.39, 0.29) is 11.9 Å². The molecule has 0 saturated carbocycles. The Hall–Kier alpha value is -1.59. The van der Waals surface area contributed by atoms with Gasteiger partial charge in [0.2, 0.25) is 5.91 Å². The maximum atomic E-state index is 12.5. The molecule has 2 saturated heterocycles. The first-order valence-electron chi connectivity index (χ1n) is 8.93. The summed E-state index contributed by atoms with van der Waals surface area (Å²) in [4.78, 5) is 17.2. The number of rotatable bonds is 3. The third-order valence-electron chi connectivity index (χ3n) is 5.44. The number of piperidine rings is 1. The second-order valence-corrected chi connectivity index (χ2v) is 6.95. The molecule has 0 bridgehead atoms. The topological polar surface area (TPSA) is 47.6 Å².